The average molecular weight is 334 g/mol. The minimum absolute atomic E-state index is 0.0207. The van der Waals surface area contributed by atoms with Gasteiger partial charge in [0, 0.05) is 6.42 Å². The van der Waals surface area contributed by atoms with Crippen molar-refractivity contribution in [2.75, 3.05) is 0 Å². The lowest BCUT2D eigenvalue weighted by atomic mass is 10.1. The molecule has 1 aliphatic heterocycles. The molecule has 0 saturated carbocycles. The third-order valence-electron chi connectivity index (χ3n) is 3.88. The predicted molar refractivity (Wildman–Crippen MR) is 81.3 cm³/mol. The van der Waals surface area contributed by atoms with Gasteiger partial charge < -0.3 is 9.74 Å². The van der Waals surface area contributed by atoms with Gasteiger partial charge in [0.2, 0.25) is 5.91 Å². The minimum Gasteiger partial charge on any atom is -0.411 e. The first-order valence-corrected chi connectivity index (χ1v) is 10.0. The topological polar surface area (TPSA) is 38.3 Å². The highest BCUT2D eigenvalue weighted by atomic mass is 79.9. The molecule has 18 heavy (non-hydrogen) atoms. The SMILES string of the molecule is C=C(Br)C[C@@H]1NC(=O)C[C@@H]1O[Si](C)(C)C(C)(C)C. The molecular formula is C13H24BrNO2Si. The zero-order chi connectivity index (χ0) is 14.1. The van der Waals surface area contributed by atoms with Crippen LogP contribution in [0, 0.1) is 0 Å². The fraction of sp³-hybridized carbons (Fsp3) is 0.769. The van der Waals surface area contributed by atoms with Crippen LogP contribution in [0.1, 0.15) is 33.6 Å². The molecule has 5 heteroatoms. The van der Waals surface area contributed by atoms with E-state index >= 15 is 0 Å². The summed E-state index contributed by atoms with van der Waals surface area (Å²) in [5.74, 6) is 0.0810. The van der Waals surface area contributed by atoms with E-state index in [2.05, 4.69) is 61.7 Å². The van der Waals surface area contributed by atoms with Crippen molar-refractivity contribution in [1.82, 2.24) is 5.32 Å². The van der Waals surface area contributed by atoms with E-state index in [4.69, 9.17) is 4.43 Å². The molecule has 0 radical (unpaired) electrons. The summed E-state index contributed by atoms with van der Waals surface area (Å²) in [5, 5.41) is 3.14. The van der Waals surface area contributed by atoms with E-state index < -0.39 is 8.32 Å². The first-order valence-electron chi connectivity index (χ1n) is 6.33. The molecule has 1 rings (SSSR count). The Morgan fingerprint density at radius 1 is 1.56 bits per heavy atom. The maximum absolute atomic E-state index is 11.6. The lowest BCUT2D eigenvalue weighted by molar-refractivity contribution is -0.119. The van der Waals surface area contributed by atoms with Crippen molar-refractivity contribution in [1.29, 1.82) is 0 Å². The summed E-state index contributed by atoms with van der Waals surface area (Å²) in [4.78, 5) is 11.6. The van der Waals surface area contributed by atoms with Gasteiger partial charge in [0.05, 0.1) is 18.6 Å². The summed E-state index contributed by atoms with van der Waals surface area (Å²) < 4.78 is 7.24. The number of carbonyl (C=O) groups is 1. The van der Waals surface area contributed by atoms with Crippen molar-refractivity contribution in [3.8, 4) is 0 Å². The van der Waals surface area contributed by atoms with E-state index in [9.17, 15) is 4.79 Å². The van der Waals surface area contributed by atoms with Gasteiger partial charge in [-0.05, 0) is 22.6 Å². The molecule has 0 aliphatic carbocycles. The van der Waals surface area contributed by atoms with E-state index in [0.717, 1.165) is 10.9 Å². The van der Waals surface area contributed by atoms with Gasteiger partial charge in [-0.3, -0.25) is 4.79 Å². The Kier molecular flexibility index (Phi) is 4.84. The van der Waals surface area contributed by atoms with Crippen molar-refractivity contribution in [2.45, 2.75) is 63.9 Å². The van der Waals surface area contributed by atoms with Crippen molar-refractivity contribution in [3.05, 3.63) is 11.1 Å². The van der Waals surface area contributed by atoms with Gasteiger partial charge in [-0.1, -0.05) is 43.3 Å². The molecular weight excluding hydrogens is 310 g/mol. The maximum atomic E-state index is 11.6. The number of amides is 1. The summed E-state index contributed by atoms with van der Waals surface area (Å²) in [6, 6.07) is 0.0542. The van der Waals surface area contributed by atoms with Crippen LogP contribution in [0.3, 0.4) is 0 Å². The molecule has 104 valence electrons. The third-order valence-corrected chi connectivity index (χ3v) is 8.70. The summed E-state index contributed by atoms with van der Waals surface area (Å²) in [5.41, 5.74) is 0. The number of hydrogen-bond acceptors (Lipinski definition) is 2. The molecule has 1 amide bonds. The Bertz CT molecular complexity index is 349. The average Bonchev–Trinajstić information content (AvgIpc) is 2.42. The summed E-state index contributed by atoms with van der Waals surface area (Å²) in [7, 11) is -1.83. The molecule has 0 spiro atoms. The second kappa shape index (κ2) is 5.47. The fourth-order valence-electron chi connectivity index (χ4n) is 1.78. The monoisotopic (exact) mass is 333 g/mol. The molecule has 1 fully saturated rings. The zero-order valence-electron chi connectivity index (χ0n) is 12.0. The second-order valence-corrected chi connectivity index (χ2v) is 12.4. The lowest BCUT2D eigenvalue weighted by Crippen LogP contribution is -2.47. The molecule has 0 aromatic carbocycles. The predicted octanol–water partition coefficient (Wildman–Crippen LogP) is 3.56. The summed E-state index contributed by atoms with van der Waals surface area (Å²) in [6.07, 6.45) is 1.18. The van der Waals surface area contributed by atoms with E-state index in [1.165, 1.54) is 0 Å². The molecule has 0 unspecified atom stereocenters. The second-order valence-electron chi connectivity index (χ2n) is 6.52. The molecule has 1 N–H and O–H groups in total. The highest BCUT2D eigenvalue weighted by Crippen LogP contribution is 2.39. The van der Waals surface area contributed by atoms with E-state index in [1.807, 2.05) is 0 Å². The molecule has 1 saturated heterocycles. The molecule has 2 atom stereocenters. The van der Waals surface area contributed by atoms with Crippen molar-refractivity contribution in [2.24, 2.45) is 0 Å². The van der Waals surface area contributed by atoms with Crippen LogP contribution in [0.4, 0.5) is 0 Å². The quantitative estimate of drug-likeness (QED) is 0.798. The van der Waals surface area contributed by atoms with E-state index in [-0.39, 0.29) is 23.1 Å². The minimum atomic E-state index is -1.83. The van der Waals surface area contributed by atoms with Crippen LogP contribution in [0.2, 0.25) is 18.1 Å². The summed E-state index contributed by atoms with van der Waals surface area (Å²) >= 11 is 3.36. The molecule has 1 heterocycles. The standard InChI is InChI=1S/C13H24BrNO2Si/c1-9(14)7-10-11(8-12(16)15-10)17-18(5,6)13(2,3)4/h10-11H,1,7-8H2,2-6H3,(H,15,16)/t10-,11-/m0/s1. The fourth-order valence-corrected chi connectivity index (χ4v) is 3.49. The number of rotatable bonds is 4. The van der Waals surface area contributed by atoms with Crippen LogP contribution in [0.5, 0.6) is 0 Å². The van der Waals surface area contributed by atoms with Gasteiger partial charge in [-0.25, -0.2) is 0 Å². The Labute approximate surface area is 120 Å². The number of nitrogens with one attached hydrogen (secondary N) is 1. The highest BCUT2D eigenvalue weighted by Gasteiger charge is 2.43. The van der Waals surface area contributed by atoms with Crippen LogP contribution in [-0.4, -0.2) is 26.4 Å². The first-order chi connectivity index (χ1) is 8.03. The largest absolute Gasteiger partial charge is 0.411 e. The highest BCUT2D eigenvalue weighted by molar-refractivity contribution is 9.11. The van der Waals surface area contributed by atoms with Crippen LogP contribution in [0.25, 0.3) is 0 Å². The van der Waals surface area contributed by atoms with Crippen LogP contribution < -0.4 is 5.32 Å². The van der Waals surface area contributed by atoms with Crippen molar-refractivity contribution >= 4 is 30.2 Å². The Morgan fingerprint density at radius 3 is 2.56 bits per heavy atom. The van der Waals surface area contributed by atoms with Gasteiger partial charge in [-0.2, -0.15) is 0 Å². The normalized spacial score (nSPS) is 25.1. The van der Waals surface area contributed by atoms with Crippen molar-refractivity contribution in [3.63, 3.8) is 0 Å². The van der Waals surface area contributed by atoms with Gasteiger partial charge >= 0.3 is 0 Å². The Hall–Kier alpha value is -0.133. The van der Waals surface area contributed by atoms with Crippen LogP contribution in [-0.2, 0) is 9.22 Å². The van der Waals surface area contributed by atoms with Gasteiger partial charge in [-0.15, -0.1) is 0 Å². The third kappa shape index (κ3) is 3.93. The number of carbonyl (C=O) groups excluding carboxylic acids is 1. The molecule has 1 aliphatic rings. The smallest absolute Gasteiger partial charge is 0.222 e. The Balaban J connectivity index is 2.75. The molecule has 3 nitrogen and oxygen atoms in total. The first kappa shape index (κ1) is 15.9. The van der Waals surface area contributed by atoms with Gasteiger partial charge in [0.1, 0.15) is 0 Å². The van der Waals surface area contributed by atoms with Crippen LogP contribution >= 0.6 is 15.9 Å². The van der Waals surface area contributed by atoms with E-state index in [1.54, 1.807) is 0 Å². The summed E-state index contributed by atoms with van der Waals surface area (Å²) in [6.45, 7) is 14.9. The Morgan fingerprint density at radius 2 is 2.11 bits per heavy atom. The maximum Gasteiger partial charge on any atom is 0.222 e. The van der Waals surface area contributed by atoms with Crippen LogP contribution in [0.15, 0.2) is 11.1 Å². The molecule has 0 aromatic heterocycles. The van der Waals surface area contributed by atoms with Gasteiger partial charge in [0.25, 0.3) is 0 Å². The zero-order valence-corrected chi connectivity index (χ0v) is 14.6. The number of halogens is 1. The molecule has 0 bridgehead atoms. The molecule has 0 aromatic rings. The lowest BCUT2D eigenvalue weighted by Gasteiger charge is -2.39. The van der Waals surface area contributed by atoms with Crippen molar-refractivity contribution < 1.29 is 9.22 Å². The number of hydrogen-bond donors (Lipinski definition) is 1. The van der Waals surface area contributed by atoms with Gasteiger partial charge in [0.15, 0.2) is 8.32 Å². The van der Waals surface area contributed by atoms with E-state index in [0.29, 0.717) is 6.42 Å².